The monoisotopic (exact) mass is 231 g/mol. The molecule has 3 nitrogen and oxygen atoms in total. The highest BCUT2D eigenvalue weighted by Gasteiger charge is 2.03. The third kappa shape index (κ3) is 2.87. The first kappa shape index (κ1) is 11.3. The molecule has 0 radical (unpaired) electrons. The molecule has 0 amide bonds. The minimum Gasteiger partial charge on any atom is -0.478 e. The highest BCUT2D eigenvalue weighted by molar-refractivity contribution is 5.87. The van der Waals surface area contributed by atoms with Crippen molar-refractivity contribution in [2.45, 2.75) is 6.42 Å². The number of rotatable bonds is 3. The molecule has 0 spiro atoms. The number of hydrogen-bond acceptors (Lipinski definition) is 2. The summed E-state index contributed by atoms with van der Waals surface area (Å²) in [5, 5.41) is 8.71. The Balaban J connectivity index is 2.13. The van der Waals surface area contributed by atoms with Gasteiger partial charge in [-0.25, -0.2) is 9.18 Å². The maximum absolute atomic E-state index is 12.7. The summed E-state index contributed by atoms with van der Waals surface area (Å²) in [6, 6.07) is 9.31. The van der Waals surface area contributed by atoms with Crippen LogP contribution >= 0.6 is 0 Å². The van der Waals surface area contributed by atoms with Gasteiger partial charge in [0.05, 0.1) is 5.56 Å². The van der Waals surface area contributed by atoms with Crippen LogP contribution < -0.4 is 0 Å². The summed E-state index contributed by atoms with van der Waals surface area (Å²) in [4.78, 5) is 14.7. The van der Waals surface area contributed by atoms with Gasteiger partial charge >= 0.3 is 5.97 Å². The van der Waals surface area contributed by atoms with Crippen molar-refractivity contribution >= 4 is 5.97 Å². The summed E-state index contributed by atoms with van der Waals surface area (Å²) in [5.41, 5.74) is 1.84. The van der Waals surface area contributed by atoms with Crippen LogP contribution in [0, 0.1) is 5.82 Å². The van der Waals surface area contributed by atoms with Gasteiger partial charge in [0.1, 0.15) is 5.82 Å². The van der Waals surface area contributed by atoms with Gasteiger partial charge in [0.2, 0.25) is 0 Å². The molecule has 0 atom stereocenters. The predicted octanol–water partition coefficient (Wildman–Crippen LogP) is 2.51. The third-order valence-electron chi connectivity index (χ3n) is 2.37. The smallest absolute Gasteiger partial charge is 0.337 e. The number of carboxylic acids is 1. The van der Waals surface area contributed by atoms with E-state index < -0.39 is 5.97 Å². The SMILES string of the molecule is O=C(O)c1ccc(Cc2ccc(F)cc2)nc1. The van der Waals surface area contributed by atoms with E-state index in [9.17, 15) is 9.18 Å². The fourth-order valence-electron chi connectivity index (χ4n) is 1.47. The van der Waals surface area contributed by atoms with E-state index in [0.717, 1.165) is 11.3 Å². The van der Waals surface area contributed by atoms with Crippen molar-refractivity contribution in [2.75, 3.05) is 0 Å². The summed E-state index contributed by atoms with van der Waals surface area (Å²) in [6.07, 6.45) is 1.88. The van der Waals surface area contributed by atoms with Crippen LogP contribution in [-0.4, -0.2) is 16.1 Å². The molecule has 1 aromatic carbocycles. The second-order valence-electron chi connectivity index (χ2n) is 3.65. The van der Waals surface area contributed by atoms with E-state index in [2.05, 4.69) is 4.98 Å². The molecule has 1 N–H and O–H groups in total. The molecule has 0 fully saturated rings. The summed E-state index contributed by atoms with van der Waals surface area (Å²) >= 11 is 0. The lowest BCUT2D eigenvalue weighted by Gasteiger charge is -2.01. The molecule has 4 heteroatoms. The van der Waals surface area contributed by atoms with Gasteiger partial charge in [-0.1, -0.05) is 12.1 Å². The van der Waals surface area contributed by atoms with Crippen LogP contribution in [0.25, 0.3) is 0 Å². The van der Waals surface area contributed by atoms with E-state index in [1.807, 2.05) is 0 Å². The molecule has 1 heterocycles. The van der Waals surface area contributed by atoms with Crippen molar-refractivity contribution in [3.8, 4) is 0 Å². The molecule has 0 aliphatic rings. The highest BCUT2D eigenvalue weighted by Crippen LogP contribution is 2.09. The molecule has 17 heavy (non-hydrogen) atoms. The Bertz CT molecular complexity index is 520. The maximum Gasteiger partial charge on any atom is 0.337 e. The summed E-state index contributed by atoms with van der Waals surface area (Å²) in [5.74, 6) is -1.27. The first-order valence-electron chi connectivity index (χ1n) is 5.08. The topological polar surface area (TPSA) is 50.2 Å². The van der Waals surface area contributed by atoms with E-state index in [1.54, 1.807) is 18.2 Å². The Hall–Kier alpha value is -2.23. The zero-order chi connectivity index (χ0) is 12.3. The molecule has 0 aliphatic heterocycles. The fraction of sp³-hybridized carbons (Fsp3) is 0.0769. The van der Waals surface area contributed by atoms with Gasteiger partial charge in [0.15, 0.2) is 0 Å². The molecule has 0 aliphatic carbocycles. The zero-order valence-electron chi connectivity index (χ0n) is 8.93. The van der Waals surface area contributed by atoms with Crippen LogP contribution in [0.1, 0.15) is 21.6 Å². The summed E-state index contributed by atoms with van der Waals surface area (Å²) < 4.78 is 12.7. The molecular formula is C13H10FNO2. The Morgan fingerprint density at radius 1 is 1.18 bits per heavy atom. The van der Waals surface area contributed by atoms with Gasteiger partial charge in [-0.3, -0.25) is 4.98 Å². The molecule has 0 unspecified atom stereocenters. The molecule has 2 rings (SSSR count). The first-order valence-corrected chi connectivity index (χ1v) is 5.08. The average Bonchev–Trinajstić information content (AvgIpc) is 2.33. The molecule has 0 saturated carbocycles. The van der Waals surface area contributed by atoms with Crippen LogP contribution in [-0.2, 0) is 6.42 Å². The minimum atomic E-state index is -0.995. The van der Waals surface area contributed by atoms with Crippen LogP contribution in [0.4, 0.5) is 4.39 Å². The Kier molecular flexibility index (Phi) is 3.14. The van der Waals surface area contributed by atoms with E-state index in [1.165, 1.54) is 24.4 Å². The van der Waals surface area contributed by atoms with Crippen molar-refractivity contribution in [3.05, 3.63) is 65.2 Å². The normalized spacial score (nSPS) is 10.2. The predicted molar refractivity (Wildman–Crippen MR) is 60.4 cm³/mol. The average molecular weight is 231 g/mol. The highest BCUT2D eigenvalue weighted by atomic mass is 19.1. The van der Waals surface area contributed by atoms with Crippen LogP contribution in [0.3, 0.4) is 0 Å². The van der Waals surface area contributed by atoms with Crippen LogP contribution in [0.15, 0.2) is 42.6 Å². The zero-order valence-corrected chi connectivity index (χ0v) is 8.93. The van der Waals surface area contributed by atoms with Gasteiger partial charge < -0.3 is 5.11 Å². The number of benzene rings is 1. The number of carboxylic acid groups (broad SMARTS) is 1. The first-order chi connectivity index (χ1) is 8.15. The summed E-state index contributed by atoms with van der Waals surface area (Å²) in [7, 11) is 0. The lowest BCUT2D eigenvalue weighted by Crippen LogP contribution is -1.99. The van der Waals surface area contributed by atoms with Crippen molar-refractivity contribution in [1.29, 1.82) is 0 Å². The van der Waals surface area contributed by atoms with Crippen molar-refractivity contribution in [3.63, 3.8) is 0 Å². The Morgan fingerprint density at radius 3 is 2.41 bits per heavy atom. The molecule has 2 aromatic rings. The number of pyridine rings is 1. The molecular weight excluding hydrogens is 221 g/mol. The minimum absolute atomic E-state index is 0.160. The van der Waals surface area contributed by atoms with Gasteiger partial charge in [-0.05, 0) is 29.8 Å². The van der Waals surface area contributed by atoms with Gasteiger partial charge in [0.25, 0.3) is 0 Å². The van der Waals surface area contributed by atoms with E-state index in [-0.39, 0.29) is 11.4 Å². The lowest BCUT2D eigenvalue weighted by molar-refractivity contribution is 0.0696. The van der Waals surface area contributed by atoms with Gasteiger partial charge in [-0.15, -0.1) is 0 Å². The van der Waals surface area contributed by atoms with Crippen LogP contribution in [0.5, 0.6) is 0 Å². The number of hydrogen-bond donors (Lipinski definition) is 1. The molecule has 86 valence electrons. The second kappa shape index (κ2) is 4.74. The number of aromatic carboxylic acids is 1. The fourth-order valence-corrected chi connectivity index (χ4v) is 1.47. The quantitative estimate of drug-likeness (QED) is 0.882. The van der Waals surface area contributed by atoms with E-state index >= 15 is 0 Å². The standard InChI is InChI=1S/C13H10FNO2/c14-11-4-1-9(2-5-11)7-12-6-3-10(8-15-12)13(16)17/h1-6,8H,7H2,(H,16,17). The second-order valence-corrected chi connectivity index (χ2v) is 3.65. The molecule has 1 aromatic heterocycles. The largest absolute Gasteiger partial charge is 0.478 e. The van der Waals surface area contributed by atoms with Crippen molar-refractivity contribution in [1.82, 2.24) is 4.98 Å². The number of aromatic nitrogens is 1. The summed E-state index contributed by atoms with van der Waals surface area (Å²) in [6.45, 7) is 0. The number of halogens is 1. The molecule has 0 bridgehead atoms. The van der Waals surface area contributed by atoms with Crippen LogP contribution in [0.2, 0.25) is 0 Å². The van der Waals surface area contributed by atoms with Crippen molar-refractivity contribution < 1.29 is 14.3 Å². The molecule has 0 saturated heterocycles. The number of nitrogens with zero attached hydrogens (tertiary/aromatic N) is 1. The third-order valence-corrected chi connectivity index (χ3v) is 2.37. The van der Waals surface area contributed by atoms with Crippen molar-refractivity contribution in [2.24, 2.45) is 0 Å². The lowest BCUT2D eigenvalue weighted by atomic mass is 10.1. The van der Waals surface area contributed by atoms with E-state index in [0.29, 0.717) is 6.42 Å². The Labute approximate surface area is 97.6 Å². The van der Waals surface area contributed by atoms with Gasteiger partial charge in [-0.2, -0.15) is 0 Å². The Morgan fingerprint density at radius 2 is 1.88 bits per heavy atom. The number of carbonyl (C=O) groups is 1. The maximum atomic E-state index is 12.7. The van der Waals surface area contributed by atoms with Gasteiger partial charge in [0, 0.05) is 18.3 Å². The van der Waals surface area contributed by atoms with E-state index in [4.69, 9.17) is 5.11 Å².